The van der Waals surface area contributed by atoms with Crippen molar-refractivity contribution < 1.29 is 0 Å². The number of rotatable bonds is 1. The lowest BCUT2D eigenvalue weighted by Gasteiger charge is -2.15. The third-order valence-corrected chi connectivity index (χ3v) is 3.00. The van der Waals surface area contributed by atoms with Crippen LogP contribution in [0, 0.1) is 0 Å². The maximum Gasteiger partial charge on any atom is 0.0456 e. The Morgan fingerprint density at radius 1 is 1.20 bits per heavy atom. The summed E-state index contributed by atoms with van der Waals surface area (Å²) >= 11 is 0. The van der Waals surface area contributed by atoms with Crippen molar-refractivity contribution in [2.24, 2.45) is 0 Å². The third-order valence-electron chi connectivity index (χ3n) is 3.00. The van der Waals surface area contributed by atoms with E-state index >= 15 is 0 Å². The number of hydrogen-bond acceptors (Lipinski definition) is 1. The Labute approximate surface area is 89.0 Å². The predicted molar refractivity (Wildman–Crippen MR) is 62.8 cm³/mol. The molecule has 1 unspecified atom stereocenters. The van der Waals surface area contributed by atoms with E-state index in [1.807, 2.05) is 0 Å². The molecule has 0 bridgehead atoms. The van der Waals surface area contributed by atoms with E-state index in [0.717, 1.165) is 6.54 Å². The van der Waals surface area contributed by atoms with Crippen molar-refractivity contribution in [2.45, 2.75) is 12.3 Å². The maximum atomic E-state index is 3.49. The highest BCUT2D eigenvalue weighted by Gasteiger charge is 2.12. The first-order valence-corrected chi connectivity index (χ1v) is 5.41. The van der Waals surface area contributed by atoms with Crippen LogP contribution in [0.5, 0.6) is 0 Å². The maximum absolute atomic E-state index is 3.49. The minimum Gasteiger partial charge on any atom is -0.391 e. The van der Waals surface area contributed by atoms with Gasteiger partial charge in [0.05, 0.1) is 0 Å². The van der Waals surface area contributed by atoms with Crippen LogP contribution in [0.25, 0.3) is 10.9 Å². The molecule has 1 aromatic carbocycles. The van der Waals surface area contributed by atoms with E-state index in [-0.39, 0.29) is 0 Å². The zero-order valence-electron chi connectivity index (χ0n) is 8.53. The number of benzene rings is 1. The van der Waals surface area contributed by atoms with Gasteiger partial charge in [-0.25, -0.2) is 0 Å². The molecule has 76 valence electrons. The van der Waals surface area contributed by atoms with Gasteiger partial charge in [0, 0.05) is 23.7 Å². The molecule has 0 saturated heterocycles. The third kappa shape index (κ3) is 1.52. The fraction of sp³-hybridized carbons (Fsp3) is 0.231. The summed E-state index contributed by atoms with van der Waals surface area (Å²) in [5.41, 5.74) is 2.56. The van der Waals surface area contributed by atoms with Crippen molar-refractivity contribution in [3.63, 3.8) is 0 Å². The number of fused-ring (bicyclic) bond motifs is 1. The molecule has 0 amide bonds. The van der Waals surface area contributed by atoms with E-state index in [1.165, 1.54) is 23.0 Å². The first kappa shape index (κ1) is 8.60. The van der Waals surface area contributed by atoms with Crippen molar-refractivity contribution in [2.75, 3.05) is 6.54 Å². The quantitative estimate of drug-likeness (QED) is 0.724. The topological polar surface area (TPSA) is 27.8 Å². The highest BCUT2D eigenvalue weighted by molar-refractivity contribution is 5.80. The predicted octanol–water partition coefficient (Wildman–Crippen LogP) is 2.76. The molecule has 0 spiro atoms. The number of aromatic nitrogens is 1. The monoisotopic (exact) mass is 198 g/mol. The lowest BCUT2D eigenvalue weighted by Crippen LogP contribution is -2.16. The van der Waals surface area contributed by atoms with Gasteiger partial charge in [0.1, 0.15) is 0 Å². The summed E-state index contributed by atoms with van der Waals surface area (Å²) in [4.78, 5) is 3.49. The molecule has 0 saturated carbocycles. The van der Waals surface area contributed by atoms with Gasteiger partial charge in [-0.15, -0.1) is 0 Å². The van der Waals surface area contributed by atoms with Crippen LogP contribution in [-0.2, 0) is 0 Å². The standard InChI is InChI=1S/C13H14N2/c1-2-4-12-11(3-1)9-13(15-12)10-5-7-14-8-6-10/h1-5,7,9-10,14-15H,6,8H2. The molecule has 1 atom stereocenters. The molecule has 2 heterocycles. The number of allylic oxidation sites excluding steroid dienone is 1. The SMILES string of the molecule is C1=CC(c2cc3ccccc3[nH]2)CCN1. The van der Waals surface area contributed by atoms with Crippen LogP contribution in [0.4, 0.5) is 0 Å². The van der Waals surface area contributed by atoms with Gasteiger partial charge >= 0.3 is 0 Å². The van der Waals surface area contributed by atoms with Gasteiger partial charge < -0.3 is 10.3 Å². The van der Waals surface area contributed by atoms with E-state index in [2.05, 4.69) is 52.9 Å². The molecular weight excluding hydrogens is 184 g/mol. The zero-order chi connectivity index (χ0) is 10.1. The molecule has 15 heavy (non-hydrogen) atoms. The highest BCUT2D eigenvalue weighted by atomic mass is 14.8. The van der Waals surface area contributed by atoms with E-state index < -0.39 is 0 Å². The van der Waals surface area contributed by atoms with Crippen LogP contribution in [0.1, 0.15) is 18.0 Å². The number of para-hydroxylation sites is 1. The molecule has 2 heteroatoms. The summed E-state index contributed by atoms with van der Waals surface area (Å²) in [6.45, 7) is 1.07. The lowest BCUT2D eigenvalue weighted by molar-refractivity contribution is 0.648. The number of nitrogens with one attached hydrogen (secondary N) is 2. The molecule has 1 aliphatic rings. The van der Waals surface area contributed by atoms with Gasteiger partial charge in [-0.3, -0.25) is 0 Å². The van der Waals surface area contributed by atoms with Gasteiger partial charge in [0.15, 0.2) is 0 Å². The molecule has 0 aliphatic carbocycles. The van der Waals surface area contributed by atoms with Gasteiger partial charge in [0.25, 0.3) is 0 Å². The molecule has 2 N–H and O–H groups in total. The molecule has 1 aromatic heterocycles. The van der Waals surface area contributed by atoms with Crippen molar-refractivity contribution in [3.05, 3.63) is 48.3 Å². The Hall–Kier alpha value is -1.70. The highest BCUT2D eigenvalue weighted by Crippen LogP contribution is 2.25. The molecule has 2 nitrogen and oxygen atoms in total. The number of hydrogen-bond donors (Lipinski definition) is 2. The van der Waals surface area contributed by atoms with Crippen LogP contribution in [0.2, 0.25) is 0 Å². The Balaban J connectivity index is 2.03. The smallest absolute Gasteiger partial charge is 0.0456 e. The average molecular weight is 198 g/mol. The molecular formula is C13H14N2. The Morgan fingerprint density at radius 2 is 2.13 bits per heavy atom. The van der Waals surface area contributed by atoms with Gasteiger partial charge in [-0.1, -0.05) is 24.3 Å². The first-order chi connectivity index (χ1) is 7.43. The van der Waals surface area contributed by atoms with Crippen LogP contribution in [0.3, 0.4) is 0 Å². The normalized spacial score (nSPS) is 20.4. The minimum atomic E-state index is 0.540. The largest absolute Gasteiger partial charge is 0.391 e. The van der Waals surface area contributed by atoms with Crippen LogP contribution in [0.15, 0.2) is 42.6 Å². The zero-order valence-corrected chi connectivity index (χ0v) is 8.53. The Morgan fingerprint density at radius 3 is 2.93 bits per heavy atom. The summed E-state index contributed by atoms with van der Waals surface area (Å²) in [7, 11) is 0. The van der Waals surface area contributed by atoms with E-state index in [4.69, 9.17) is 0 Å². The van der Waals surface area contributed by atoms with Crippen molar-refractivity contribution in [3.8, 4) is 0 Å². The van der Waals surface area contributed by atoms with E-state index in [0.29, 0.717) is 5.92 Å². The van der Waals surface area contributed by atoms with Gasteiger partial charge in [0.2, 0.25) is 0 Å². The van der Waals surface area contributed by atoms with Crippen molar-refractivity contribution >= 4 is 10.9 Å². The van der Waals surface area contributed by atoms with E-state index in [9.17, 15) is 0 Å². The fourth-order valence-corrected chi connectivity index (χ4v) is 2.16. The number of aromatic amines is 1. The second kappa shape index (κ2) is 3.46. The fourth-order valence-electron chi connectivity index (χ4n) is 2.16. The summed E-state index contributed by atoms with van der Waals surface area (Å²) in [6.07, 6.45) is 5.46. The van der Waals surface area contributed by atoms with E-state index in [1.54, 1.807) is 0 Å². The minimum absolute atomic E-state index is 0.540. The van der Waals surface area contributed by atoms with Crippen molar-refractivity contribution in [1.29, 1.82) is 0 Å². The second-order valence-corrected chi connectivity index (χ2v) is 4.02. The van der Waals surface area contributed by atoms with Crippen LogP contribution < -0.4 is 5.32 Å². The van der Waals surface area contributed by atoms with Crippen LogP contribution in [-0.4, -0.2) is 11.5 Å². The second-order valence-electron chi connectivity index (χ2n) is 4.02. The van der Waals surface area contributed by atoms with Gasteiger partial charge in [-0.2, -0.15) is 0 Å². The molecule has 0 fully saturated rings. The Bertz CT molecular complexity index is 463. The summed E-state index contributed by atoms with van der Waals surface area (Å²) in [5, 5.41) is 4.53. The Kier molecular flexibility index (Phi) is 1.98. The molecule has 0 radical (unpaired) electrons. The lowest BCUT2D eigenvalue weighted by atomic mass is 9.99. The average Bonchev–Trinajstić information content (AvgIpc) is 2.74. The van der Waals surface area contributed by atoms with Gasteiger partial charge in [-0.05, 0) is 30.1 Å². The summed E-state index contributed by atoms with van der Waals surface area (Å²) in [5.74, 6) is 0.540. The molecule has 1 aliphatic heterocycles. The number of H-pyrrole nitrogens is 1. The molecule has 3 rings (SSSR count). The summed E-state index contributed by atoms with van der Waals surface area (Å²) in [6, 6.07) is 10.7. The molecule has 2 aromatic rings. The summed E-state index contributed by atoms with van der Waals surface area (Å²) < 4.78 is 0. The van der Waals surface area contributed by atoms with Crippen LogP contribution >= 0.6 is 0 Å². The first-order valence-electron chi connectivity index (χ1n) is 5.41. The van der Waals surface area contributed by atoms with Crippen molar-refractivity contribution in [1.82, 2.24) is 10.3 Å².